The summed E-state index contributed by atoms with van der Waals surface area (Å²) in [5.41, 5.74) is -3.10. The highest BCUT2D eigenvalue weighted by Crippen LogP contribution is 2.44. The number of carboxylic acids is 3. The highest BCUT2D eigenvalue weighted by atomic mass is 31.2. The molecule has 14 heteroatoms. The van der Waals surface area contributed by atoms with Crippen LogP contribution >= 0.6 is 7.82 Å². The van der Waals surface area contributed by atoms with Crippen molar-refractivity contribution in [1.29, 1.82) is 0 Å². The molecule has 0 saturated heterocycles. The second kappa shape index (κ2) is 9.11. The van der Waals surface area contributed by atoms with Gasteiger partial charge in [0.1, 0.15) is 0 Å². The first-order valence-electron chi connectivity index (χ1n) is 6.44. The molecule has 0 spiro atoms. The molecule has 0 aliphatic rings. The molecule has 0 aliphatic heterocycles. The topological polar surface area (TPSA) is 222 Å². The second-order valence-electron chi connectivity index (χ2n) is 4.73. The number of rotatable bonds is 11. The molecule has 0 rings (SSSR count). The summed E-state index contributed by atoms with van der Waals surface area (Å²) in [5.74, 6) is -8.26. The molecule has 0 aromatic heterocycles. The quantitative estimate of drug-likeness (QED) is 0.272. The molecule has 0 saturated carbocycles. The summed E-state index contributed by atoms with van der Waals surface area (Å²) < 4.78 is 19.2. The average molecular weight is 386 g/mol. The maximum Gasteiger partial charge on any atom is 0.589 e. The van der Waals surface area contributed by atoms with Gasteiger partial charge in [0.05, 0.1) is 12.8 Å². The van der Waals surface area contributed by atoms with Crippen LogP contribution in [0.5, 0.6) is 0 Å². The molecule has 0 amide bonds. The fraction of sp³-hybridized carbons (Fsp3) is 0.545. The van der Waals surface area contributed by atoms with E-state index in [0.717, 1.165) is 0 Å². The van der Waals surface area contributed by atoms with Crippen molar-refractivity contribution in [3.05, 3.63) is 0 Å². The monoisotopic (exact) mass is 386 g/mol. The molecule has 0 bridgehead atoms. The smallest absolute Gasteiger partial charge is 0.481 e. The predicted molar refractivity (Wildman–Crippen MR) is 73.0 cm³/mol. The van der Waals surface area contributed by atoms with Gasteiger partial charge in [-0.1, -0.05) is 0 Å². The molecule has 0 heterocycles. The van der Waals surface area contributed by atoms with Gasteiger partial charge >= 0.3 is 37.7 Å². The second-order valence-corrected chi connectivity index (χ2v) is 6.03. The molecule has 0 aromatic rings. The Morgan fingerprint density at radius 3 is 1.80 bits per heavy atom. The molecule has 0 aromatic carbocycles. The van der Waals surface area contributed by atoms with Crippen molar-refractivity contribution in [3.8, 4) is 0 Å². The Balaban J connectivity index is 4.71. The van der Waals surface area contributed by atoms with Gasteiger partial charge in [-0.25, -0.2) is 9.36 Å². The molecule has 142 valence electrons. The zero-order chi connectivity index (χ0) is 19.8. The summed E-state index contributed by atoms with van der Waals surface area (Å²) in [6.07, 6.45) is -4.13. The zero-order valence-electron chi connectivity index (χ0n) is 12.5. The number of carbonyl (C=O) groups is 5. The standard InChI is InChI=1S/C11H15O13P/c12-6(13)2-1-3-8(16)23-25(21,22)24-9(17)5-11(20,10(18)19)4-7(14)15/h20H,1-5H2,(H,12,13)(H,14,15)(H,18,19)(H,21,22). The van der Waals surface area contributed by atoms with Crippen LogP contribution in [0.1, 0.15) is 32.1 Å². The highest BCUT2D eigenvalue weighted by Gasteiger charge is 2.43. The van der Waals surface area contributed by atoms with Crippen LogP contribution in [-0.4, -0.2) is 60.8 Å². The SMILES string of the molecule is O=C(O)CCCC(=O)OP(=O)(O)OC(=O)CC(O)(CC(=O)O)C(=O)O. The third-order valence-corrected chi connectivity index (χ3v) is 3.35. The summed E-state index contributed by atoms with van der Waals surface area (Å²) in [6.45, 7) is 0. The van der Waals surface area contributed by atoms with E-state index in [0.29, 0.717) is 0 Å². The van der Waals surface area contributed by atoms with Crippen LogP contribution < -0.4 is 0 Å². The maximum absolute atomic E-state index is 11.4. The minimum atomic E-state index is -5.32. The minimum Gasteiger partial charge on any atom is -0.481 e. The molecule has 2 unspecified atom stereocenters. The highest BCUT2D eigenvalue weighted by molar-refractivity contribution is 7.48. The molecular formula is C11H15O13P. The van der Waals surface area contributed by atoms with E-state index in [4.69, 9.17) is 15.3 Å². The van der Waals surface area contributed by atoms with E-state index in [1.165, 1.54) is 0 Å². The van der Waals surface area contributed by atoms with Crippen molar-refractivity contribution in [2.24, 2.45) is 0 Å². The van der Waals surface area contributed by atoms with Gasteiger partial charge in [-0.3, -0.25) is 24.1 Å². The van der Waals surface area contributed by atoms with Crippen molar-refractivity contribution in [2.75, 3.05) is 0 Å². The maximum atomic E-state index is 11.4. The molecule has 25 heavy (non-hydrogen) atoms. The Hall–Kier alpha value is -2.50. The van der Waals surface area contributed by atoms with Crippen molar-refractivity contribution in [2.45, 2.75) is 37.7 Å². The van der Waals surface area contributed by atoms with Gasteiger partial charge < -0.3 is 29.5 Å². The molecule has 0 radical (unpaired) electrons. The van der Waals surface area contributed by atoms with Crippen LogP contribution in [0.4, 0.5) is 0 Å². The Labute approximate surface area is 139 Å². The molecule has 0 fully saturated rings. The van der Waals surface area contributed by atoms with E-state index in [1.807, 2.05) is 0 Å². The van der Waals surface area contributed by atoms with E-state index in [9.17, 15) is 38.5 Å². The van der Waals surface area contributed by atoms with E-state index in [1.54, 1.807) is 0 Å². The molecule has 2 atom stereocenters. The largest absolute Gasteiger partial charge is 0.589 e. The first kappa shape index (κ1) is 22.5. The van der Waals surface area contributed by atoms with Gasteiger partial charge in [-0.15, -0.1) is 0 Å². The van der Waals surface area contributed by atoms with Gasteiger partial charge in [0, 0.05) is 12.8 Å². The summed E-state index contributed by atoms with van der Waals surface area (Å²) in [5, 5.41) is 35.1. The van der Waals surface area contributed by atoms with Gasteiger partial charge in [0.25, 0.3) is 0 Å². The van der Waals surface area contributed by atoms with Crippen molar-refractivity contribution in [3.63, 3.8) is 0 Å². The fourth-order valence-electron chi connectivity index (χ4n) is 1.44. The first-order valence-corrected chi connectivity index (χ1v) is 7.94. The molecule has 5 N–H and O–H groups in total. The van der Waals surface area contributed by atoms with E-state index in [2.05, 4.69) is 9.05 Å². The van der Waals surface area contributed by atoms with E-state index < -0.39 is 69.0 Å². The number of hydrogen-bond acceptors (Lipinski definition) is 9. The minimum absolute atomic E-state index is 0.223. The van der Waals surface area contributed by atoms with Crippen LogP contribution in [0.15, 0.2) is 0 Å². The van der Waals surface area contributed by atoms with Gasteiger partial charge in [0.2, 0.25) is 0 Å². The Morgan fingerprint density at radius 1 is 0.840 bits per heavy atom. The summed E-state index contributed by atoms with van der Waals surface area (Å²) >= 11 is 0. The number of phosphoric ester groups is 1. The number of carboxylic acid groups (broad SMARTS) is 3. The molecule has 0 aliphatic carbocycles. The number of aliphatic hydroxyl groups is 1. The molecule has 13 nitrogen and oxygen atoms in total. The van der Waals surface area contributed by atoms with Crippen LogP contribution in [0.3, 0.4) is 0 Å². The Kier molecular flexibility index (Phi) is 8.20. The molecular weight excluding hydrogens is 371 g/mol. The van der Waals surface area contributed by atoms with Crippen LogP contribution in [0.25, 0.3) is 0 Å². The zero-order valence-corrected chi connectivity index (χ0v) is 13.4. The fourth-order valence-corrected chi connectivity index (χ4v) is 2.15. The number of carbonyl (C=O) groups excluding carboxylic acids is 2. The van der Waals surface area contributed by atoms with Gasteiger partial charge in [-0.2, -0.15) is 0 Å². The Bertz CT molecular complexity index is 611. The summed E-state index contributed by atoms with van der Waals surface area (Å²) in [7, 11) is -5.32. The van der Waals surface area contributed by atoms with E-state index in [-0.39, 0.29) is 6.42 Å². The lowest BCUT2D eigenvalue weighted by molar-refractivity contribution is -0.170. The van der Waals surface area contributed by atoms with Crippen LogP contribution in [-0.2, 0) is 37.6 Å². The normalized spacial score (nSPS) is 15.3. The lowest BCUT2D eigenvalue weighted by Gasteiger charge is -2.20. The van der Waals surface area contributed by atoms with Crippen molar-refractivity contribution < 1.29 is 62.9 Å². The van der Waals surface area contributed by atoms with Crippen molar-refractivity contribution in [1.82, 2.24) is 0 Å². The first-order chi connectivity index (χ1) is 11.3. The number of aliphatic carboxylic acids is 3. The van der Waals surface area contributed by atoms with Gasteiger partial charge in [-0.05, 0) is 6.42 Å². The number of phosphoric acid groups is 1. The predicted octanol–water partition coefficient (Wildman–Crippen LogP) is -0.891. The third kappa shape index (κ3) is 9.39. The third-order valence-electron chi connectivity index (χ3n) is 2.48. The average Bonchev–Trinajstić information content (AvgIpc) is 2.34. The van der Waals surface area contributed by atoms with Gasteiger partial charge in [0.15, 0.2) is 5.60 Å². The van der Waals surface area contributed by atoms with Crippen LogP contribution in [0.2, 0.25) is 0 Å². The lowest BCUT2D eigenvalue weighted by atomic mass is 9.96. The van der Waals surface area contributed by atoms with Crippen molar-refractivity contribution >= 4 is 37.7 Å². The summed E-state index contributed by atoms with van der Waals surface area (Å²) in [4.78, 5) is 63.3. The Morgan fingerprint density at radius 2 is 1.36 bits per heavy atom. The lowest BCUT2D eigenvalue weighted by Crippen LogP contribution is -2.43. The number of hydrogen-bond donors (Lipinski definition) is 5. The van der Waals surface area contributed by atoms with Crippen LogP contribution in [0, 0.1) is 0 Å². The van der Waals surface area contributed by atoms with E-state index >= 15 is 0 Å². The summed E-state index contributed by atoms with van der Waals surface area (Å²) in [6, 6.07) is 0.